The van der Waals surface area contributed by atoms with Gasteiger partial charge < -0.3 is 42.4 Å². The van der Waals surface area contributed by atoms with Crippen molar-refractivity contribution < 1.29 is 32.4 Å². The minimum absolute atomic E-state index is 0.111. The van der Waals surface area contributed by atoms with Crippen molar-refractivity contribution in [2.45, 2.75) is 63.4 Å². The number of fused-ring (bicyclic) bond motifs is 1. The predicted molar refractivity (Wildman–Crippen MR) is 160 cm³/mol. The van der Waals surface area contributed by atoms with E-state index < -0.39 is 48.4 Å². The summed E-state index contributed by atoms with van der Waals surface area (Å²) in [6.45, 7) is 6.63. The lowest BCUT2D eigenvalue weighted by atomic mass is 9.78. The molecule has 0 saturated heterocycles. The number of carbonyl (C=O) groups excluding carboxylic acids is 2. The van der Waals surface area contributed by atoms with Gasteiger partial charge in [0.25, 0.3) is 0 Å². The maximum Gasteiger partial charge on any atom is 0.492 e. The summed E-state index contributed by atoms with van der Waals surface area (Å²) in [4.78, 5) is 28.5. The zero-order chi connectivity index (χ0) is 31.8. The molecule has 0 aromatic heterocycles. The molecule has 1 aliphatic rings. The van der Waals surface area contributed by atoms with Crippen LogP contribution in [0.5, 0.6) is 0 Å². The Balaban J connectivity index is 1.69. The Morgan fingerprint density at radius 3 is 2.28 bits per heavy atom. The van der Waals surface area contributed by atoms with E-state index in [1.807, 2.05) is 13.8 Å². The topological polar surface area (TPSA) is 169 Å². The molecule has 2 atom stereocenters. The standard InChI is InChI=1S/C29H42BF3N6O4/c1-28(2)22-11-10-21(18-23(22)30(42)43-28)37-27(41)25(12-7-19-5-8-20(9-6-19)29(31,32)33)38-26(40)24(36)4-3-15-39(16-13-34)17-14-35/h5-6,8-11,18,24-25,42H,3-4,7,12-17,34-36H2,1-2H3,(H,37,41)(H,38,40)/t24-,25+/m0/s1. The van der Waals surface area contributed by atoms with Gasteiger partial charge in [-0.15, -0.1) is 0 Å². The molecule has 9 N–H and O–H groups in total. The van der Waals surface area contributed by atoms with E-state index in [1.54, 1.807) is 18.2 Å². The van der Waals surface area contributed by atoms with Gasteiger partial charge in [0.05, 0.1) is 17.2 Å². The van der Waals surface area contributed by atoms with Crippen molar-refractivity contribution in [2.75, 3.05) is 38.0 Å². The summed E-state index contributed by atoms with van der Waals surface area (Å²) in [5.41, 5.74) is 18.2. The van der Waals surface area contributed by atoms with Crippen molar-refractivity contribution in [2.24, 2.45) is 17.2 Å². The fourth-order valence-corrected chi connectivity index (χ4v) is 5.11. The predicted octanol–water partition coefficient (Wildman–Crippen LogP) is 1.04. The fraction of sp³-hybridized carbons (Fsp3) is 0.517. The maximum absolute atomic E-state index is 13.4. The van der Waals surface area contributed by atoms with Crippen molar-refractivity contribution in [3.63, 3.8) is 0 Å². The second-order valence-corrected chi connectivity index (χ2v) is 11.2. The Bertz CT molecular complexity index is 1230. The molecule has 2 amide bonds. The van der Waals surface area contributed by atoms with Crippen LogP contribution in [0.1, 0.15) is 49.8 Å². The number of nitrogens with two attached hydrogens (primary N) is 3. The highest BCUT2D eigenvalue weighted by atomic mass is 19.4. The Morgan fingerprint density at radius 2 is 1.67 bits per heavy atom. The summed E-state index contributed by atoms with van der Waals surface area (Å²) in [7, 11) is -1.15. The number of nitrogens with zero attached hydrogens (tertiary/aromatic N) is 1. The van der Waals surface area contributed by atoms with Crippen LogP contribution in [0.2, 0.25) is 0 Å². The van der Waals surface area contributed by atoms with Gasteiger partial charge in [0.15, 0.2) is 0 Å². The summed E-state index contributed by atoms with van der Waals surface area (Å²) in [5.74, 6) is -1.05. The first kappa shape index (κ1) is 34.5. The molecule has 14 heteroatoms. The van der Waals surface area contributed by atoms with E-state index >= 15 is 0 Å². The van der Waals surface area contributed by atoms with Crippen LogP contribution in [-0.2, 0) is 32.4 Å². The molecule has 43 heavy (non-hydrogen) atoms. The summed E-state index contributed by atoms with van der Waals surface area (Å²) >= 11 is 0. The molecule has 10 nitrogen and oxygen atoms in total. The zero-order valence-electron chi connectivity index (χ0n) is 24.6. The molecule has 0 aliphatic carbocycles. The molecule has 0 fully saturated rings. The van der Waals surface area contributed by atoms with Gasteiger partial charge in [0.1, 0.15) is 6.04 Å². The van der Waals surface area contributed by atoms with Crippen LogP contribution >= 0.6 is 0 Å². The van der Waals surface area contributed by atoms with E-state index in [4.69, 9.17) is 21.9 Å². The molecule has 1 heterocycles. The molecule has 1 aliphatic heterocycles. The average Bonchev–Trinajstić information content (AvgIpc) is 3.17. The summed E-state index contributed by atoms with van der Waals surface area (Å²) in [6.07, 6.45) is -3.14. The van der Waals surface area contributed by atoms with Crippen LogP contribution < -0.4 is 33.3 Å². The first-order valence-electron chi connectivity index (χ1n) is 14.4. The molecule has 3 rings (SSSR count). The number of alkyl halides is 3. The van der Waals surface area contributed by atoms with Crippen LogP contribution in [0.25, 0.3) is 0 Å². The third-order valence-corrected chi connectivity index (χ3v) is 7.49. The first-order chi connectivity index (χ1) is 20.2. The van der Waals surface area contributed by atoms with Crippen molar-refractivity contribution in [1.82, 2.24) is 10.2 Å². The molecule has 2 aromatic carbocycles. The summed E-state index contributed by atoms with van der Waals surface area (Å²) in [6, 6.07) is 7.80. The van der Waals surface area contributed by atoms with Gasteiger partial charge in [0.2, 0.25) is 11.8 Å². The Hall–Kier alpha value is -3.01. The molecule has 0 saturated carbocycles. The number of anilines is 1. The van der Waals surface area contributed by atoms with Crippen LogP contribution in [0.15, 0.2) is 42.5 Å². The Labute approximate surface area is 250 Å². The van der Waals surface area contributed by atoms with E-state index in [9.17, 15) is 27.8 Å². The number of hydrogen-bond donors (Lipinski definition) is 6. The molecular formula is C29H42BF3N6O4. The Morgan fingerprint density at radius 1 is 1.02 bits per heavy atom. The smallest absolute Gasteiger partial charge is 0.423 e. The quantitative estimate of drug-likeness (QED) is 0.164. The number of nitrogens with one attached hydrogen (secondary N) is 2. The molecule has 2 aromatic rings. The number of hydrogen-bond acceptors (Lipinski definition) is 8. The van der Waals surface area contributed by atoms with E-state index in [2.05, 4.69) is 15.5 Å². The second-order valence-electron chi connectivity index (χ2n) is 11.2. The largest absolute Gasteiger partial charge is 0.492 e. The van der Waals surface area contributed by atoms with Gasteiger partial charge in [-0.05, 0) is 86.9 Å². The first-order valence-corrected chi connectivity index (χ1v) is 14.4. The lowest BCUT2D eigenvalue weighted by molar-refractivity contribution is -0.137. The van der Waals surface area contributed by atoms with Gasteiger partial charge in [-0.2, -0.15) is 13.2 Å². The fourth-order valence-electron chi connectivity index (χ4n) is 5.11. The highest BCUT2D eigenvalue weighted by Crippen LogP contribution is 2.31. The third kappa shape index (κ3) is 9.75. The van der Waals surface area contributed by atoms with Crippen LogP contribution in [-0.4, -0.2) is 73.7 Å². The minimum Gasteiger partial charge on any atom is -0.423 e. The highest BCUT2D eigenvalue weighted by Gasteiger charge is 2.40. The van der Waals surface area contributed by atoms with Crippen molar-refractivity contribution in [3.05, 3.63) is 59.2 Å². The Kier molecular flexibility index (Phi) is 12.1. The summed E-state index contributed by atoms with van der Waals surface area (Å²) in [5, 5.41) is 15.8. The average molecular weight is 606 g/mol. The normalized spacial score (nSPS) is 15.7. The van der Waals surface area contributed by atoms with Crippen molar-refractivity contribution >= 4 is 30.1 Å². The number of benzene rings is 2. The van der Waals surface area contributed by atoms with Crippen molar-refractivity contribution in [3.8, 4) is 0 Å². The summed E-state index contributed by atoms with van der Waals surface area (Å²) < 4.78 is 44.5. The molecule has 0 bridgehead atoms. The van der Waals surface area contributed by atoms with Gasteiger partial charge in [-0.25, -0.2) is 0 Å². The van der Waals surface area contributed by atoms with Crippen LogP contribution in [0, 0.1) is 0 Å². The lowest BCUT2D eigenvalue weighted by Crippen LogP contribution is -2.50. The van der Waals surface area contributed by atoms with Gasteiger partial charge in [-0.3, -0.25) is 9.59 Å². The zero-order valence-corrected chi connectivity index (χ0v) is 24.6. The number of carbonyl (C=O) groups is 2. The van der Waals surface area contributed by atoms with E-state index in [0.29, 0.717) is 62.3 Å². The van der Waals surface area contributed by atoms with Crippen molar-refractivity contribution in [1.29, 1.82) is 0 Å². The SMILES string of the molecule is CC1(C)OB(O)c2cc(NC(=O)[C@@H](CCc3ccc(C(F)(F)F)cc3)NC(=O)[C@@H](N)CCCN(CCN)CCN)ccc21. The number of aryl methyl sites for hydroxylation is 1. The molecule has 0 unspecified atom stereocenters. The lowest BCUT2D eigenvalue weighted by Gasteiger charge is -2.23. The van der Waals surface area contributed by atoms with Crippen LogP contribution in [0.3, 0.4) is 0 Å². The third-order valence-electron chi connectivity index (χ3n) is 7.49. The number of amides is 2. The highest BCUT2D eigenvalue weighted by molar-refractivity contribution is 6.62. The molecule has 236 valence electrons. The number of halogens is 3. The van der Waals surface area contributed by atoms with E-state index in [1.165, 1.54) is 12.1 Å². The molecular weight excluding hydrogens is 564 g/mol. The maximum atomic E-state index is 13.4. The van der Waals surface area contributed by atoms with Gasteiger partial charge in [0, 0.05) is 31.9 Å². The monoisotopic (exact) mass is 606 g/mol. The molecule has 0 radical (unpaired) electrons. The van der Waals surface area contributed by atoms with E-state index in [-0.39, 0.29) is 12.8 Å². The van der Waals surface area contributed by atoms with Gasteiger partial charge in [-0.1, -0.05) is 18.2 Å². The molecule has 0 spiro atoms. The minimum atomic E-state index is -4.46. The van der Waals surface area contributed by atoms with Crippen LogP contribution in [0.4, 0.5) is 18.9 Å². The van der Waals surface area contributed by atoms with E-state index in [0.717, 1.165) is 17.7 Å². The van der Waals surface area contributed by atoms with Gasteiger partial charge >= 0.3 is 13.3 Å². The number of rotatable bonds is 15. The second kappa shape index (κ2) is 15.1.